The van der Waals surface area contributed by atoms with Gasteiger partial charge in [0.2, 0.25) is 0 Å². The molecule has 1 heterocycles. The minimum Gasteiger partial charge on any atom is -0.494 e. The van der Waals surface area contributed by atoms with Crippen LogP contribution in [0.1, 0.15) is 165 Å². The molecule has 272 valence electrons. The third kappa shape index (κ3) is 16.0. The van der Waals surface area contributed by atoms with Crippen molar-refractivity contribution in [2.24, 2.45) is 0 Å². The van der Waals surface area contributed by atoms with E-state index in [2.05, 4.69) is 46.3 Å². The molecule has 51 heavy (non-hydrogen) atoms. The summed E-state index contributed by atoms with van der Waals surface area (Å²) in [5.41, 5.74) is 5.19. The van der Waals surface area contributed by atoms with E-state index in [1.165, 1.54) is 127 Å². The molecule has 4 nitrogen and oxygen atoms in total. The lowest BCUT2D eigenvalue weighted by Gasteiger charge is -2.06. The number of nitrogens with zero attached hydrogens (tertiary/aromatic N) is 2. The molecule has 0 atom stereocenters. The van der Waals surface area contributed by atoms with Crippen molar-refractivity contribution in [3.8, 4) is 35.2 Å². The van der Waals surface area contributed by atoms with E-state index in [4.69, 9.17) is 9.47 Å². The Balaban J connectivity index is 1.16. The largest absolute Gasteiger partial charge is 0.494 e. The van der Waals surface area contributed by atoms with Gasteiger partial charge in [-0.25, -0.2) is 0 Å². The van der Waals surface area contributed by atoms with Crippen LogP contribution < -0.4 is 9.47 Å². The standard InChI is InChI=1S/C46H60N2O2S/c1-3-5-7-9-11-13-15-17-19-21-37-49-43-33-25-39(26-34-43)23-29-41-31-32-42(46-45(41)47-51-48-46)30-24-40-27-35-44(36-28-40)50-38-22-20-18-16-14-12-10-8-6-4-2/h25-28,31-36H,3-22,37-38H2,1-2H3. The number of hydrogen-bond donors (Lipinski definition) is 0. The van der Waals surface area contributed by atoms with Crippen LogP contribution in [0.4, 0.5) is 0 Å². The van der Waals surface area contributed by atoms with Gasteiger partial charge in [0.1, 0.15) is 22.5 Å². The van der Waals surface area contributed by atoms with Crippen LogP contribution in [0.15, 0.2) is 60.7 Å². The fraction of sp³-hybridized carbons (Fsp3) is 0.522. The molecule has 4 rings (SSSR count). The Labute approximate surface area is 313 Å². The Hall–Kier alpha value is -3.80. The molecule has 0 saturated carbocycles. The van der Waals surface area contributed by atoms with E-state index in [0.717, 1.165) is 70.8 Å². The van der Waals surface area contributed by atoms with Crippen LogP contribution in [0, 0.1) is 23.7 Å². The maximum Gasteiger partial charge on any atom is 0.121 e. The average Bonchev–Trinajstić information content (AvgIpc) is 3.66. The lowest BCUT2D eigenvalue weighted by Crippen LogP contribution is -1.97. The van der Waals surface area contributed by atoms with Gasteiger partial charge in [-0.2, -0.15) is 8.75 Å². The Kier molecular flexibility index (Phi) is 19.8. The summed E-state index contributed by atoms with van der Waals surface area (Å²) in [5, 5.41) is 0. The average molecular weight is 705 g/mol. The van der Waals surface area contributed by atoms with Crippen molar-refractivity contribution in [2.75, 3.05) is 13.2 Å². The number of fused-ring (bicyclic) bond motifs is 1. The van der Waals surface area contributed by atoms with E-state index in [0.29, 0.717) is 0 Å². The molecule has 0 unspecified atom stereocenters. The van der Waals surface area contributed by atoms with Gasteiger partial charge in [0.25, 0.3) is 0 Å². The molecule has 0 amide bonds. The molecule has 3 aromatic carbocycles. The van der Waals surface area contributed by atoms with Crippen LogP contribution in [0.2, 0.25) is 0 Å². The second-order valence-electron chi connectivity index (χ2n) is 13.7. The van der Waals surface area contributed by atoms with E-state index < -0.39 is 0 Å². The molecule has 0 saturated heterocycles. The first-order chi connectivity index (χ1) is 25.3. The SMILES string of the molecule is CCCCCCCCCCCCOc1ccc(C#Cc2ccc(C#Cc3ccc(OCCCCCCCCCCCC)cc3)c3nsnc23)cc1. The first-order valence-electron chi connectivity index (χ1n) is 20.0. The van der Waals surface area contributed by atoms with Crippen LogP contribution in [0.25, 0.3) is 11.0 Å². The normalized spacial score (nSPS) is 10.8. The molecule has 0 spiro atoms. The summed E-state index contributed by atoms with van der Waals surface area (Å²) >= 11 is 1.20. The predicted molar refractivity (Wildman–Crippen MR) is 217 cm³/mol. The first-order valence-corrected chi connectivity index (χ1v) is 20.7. The molecule has 0 aliphatic heterocycles. The summed E-state index contributed by atoms with van der Waals surface area (Å²) < 4.78 is 21.0. The fourth-order valence-electron chi connectivity index (χ4n) is 6.18. The van der Waals surface area contributed by atoms with Crippen molar-refractivity contribution in [3.05, 3.63) is 82.9 Å². The molecule has 4 aromatic rings. The van der Waals surface area contributed by atoms with Gasteiger partial charge in [0.05, 0.1) is 36.1 Å². The number of unbranched alkanes of at least 4 members (excludes halogenated alkanes) is 18. The van der Waals surface area contributed by atoms with Crippen LogP contribution in [-0.4, -0.2) is 22.0 Å². The summed E-state index contributed by atoms with van der Waals surface area (Å²) in [7, 11) is 0. The molecule has 0 radical (unpaired) electrons. The summed E-state index contributed by atoms with van der Waals surface area (Å²) in [5.74, 6) is 15.0. The maximum atomic E-state index is 5.98. The Bertz CT molecular complexity index is 1520. The van der Waals surface area contributed by atoms with Crippen molar-refractivity contribution < 1.29 is 9.47 Å². The molecular formula is C46H60N2O2S. The minimum atomic E-state index is 0.769. The zero-order chi connectivity index (χ0) is 35.6. The van der Waals surface area contributed by atoms with Crippen LogP contribution in [0.5, 0.6) is 11.5 Å². The van der Waals surface area contributed by atoms with Gasteiger partial charge >= 0.3 is 0 Å². The molecule has 0 aliphatic rings. The number of ether oxygens (including phenoxy) is 2. The number of benzene rings is 3. The number of hydrogen-bond acceptors (Lipinski definition) is 5. The van der Waals surface area contributed by atoms with Crippen molar-refractivity contribution in [1.82, 2.24) is 8.75 Å². The molecular weight excluding hydrogens is 645 g/mol. The van der Waals surface area contributed by atoms with Gasteiger partial charge in [-0.15, -0.1) is 0 Å². The third-order valence-corrected chi connectivity index (χ3v) is 9.87. The summed E-state index contributed by atoms with van der Waals surface area (Å²) in [6, 6.07) is 20.1. The zero-order valence-electron chi connectivity index (χ0n) is 31.4. The van der Waals surface area contributed by atoms with E-state index in [-0.39, 0.29) is 0 Å². The molecule has 1 aromatic heterocycles. The molecule has 0 N–H and O–H groups in total. The maximum absolute atomic E-state index is 5.98. The van der Waals surface area contributed by atoms with Crippen LogP contribution in [-0.2, 0) is 0 Å². The van der Waals surface area contributed by atoms with Gasteiger partial charge in [-0.05, 0) is 73.5 Å². The molecule has 5 heteroatoms. The minimum absolute atomic E-state index is 0.769. The van der Waals surface area contributed by atoms with Crippen molar-refractivity contribution in [1.29, 1.82) is 0 Å². The predicted octanol–water partition coefficient (Wildman–Crippen LogP) is 13.1. The lowest BCUT2D eigenvalue weighted by atomic mass is 10.1. The summed E-state index contributed by atoms with van der Waals surface area (Å²) in [6.45, 7) is 6.09. The van der Waals surface area contributed by atoms with E-state index in [9.17, 15) is 0 Å². The molecule has 0 fully saturated rings. The van der Waals surface area contributed by atoms with Crippen LogP contribution in [0.3, 0.4) is 0 Å². The van der Waals surface area contributed by atoms with Gasteiger partial charge in [0.15, 0.2) is 0 Å². The number of rotatable bonds is 24. The highest BCUT2D eigenvalue weighted by molar-refractivity contribution is 7.00. The van der Waals surface area contributed by atoms with Gasteiger partial charge in [-0.1, -0.05) is 153 Å². The van der Waals surface area contributed by atoms with Gasteiger partial charge in [0, 0.05) is 11.1 Å². The monoisotopic (exact) mass is 704 g/mol. The van der Waals surface area contributed by atoms with Crippen molar-refractivity contribution >= 4 is 22.8 Å². The zero-order valence-corrected chi connectivity index (χ0v) is 32.3. The lowest BCUT2D eigenvalue weighted by molar-refractivity contribution is 0.304. The van der Waals surface area contributed by atoms with E-state index in [1.807, 2.05) is 60.7 Å². The Morgan fingerprint density at radius 2 is 0.745 bits per heavy atom. The highest BCUT2D eigenvalue weighted by Crippen LogP contribution is 2.21. The smallest absolute Gasteiger partial charge is 0.121 e. The van der Waals surface area contributed by atoms with Gasteiger partial charge < -0.3 is 9.47 Å². The Morgan fingerprint density at radius 1 is 0.412 bits per heavy atom. The quantitative estimate of drug-likeness (QED) is 0.0538. The molecule has 0 bridgehead atoms. The third-order valence-electron chi connectivity index (χ3n) is 9.34. The fourth-order valence-corrected chi connectivity index (χ4v) is 6.75. The van der Waals surface area contributed by atoms with E-state index in [1.54, 1.807) is 0 Å². The highest BCUT2D eigenvalue weighted by atomic mass is 32.1. The second kappa shape index (κ2) is 25.2. The van der Waals surface area contributed by atoms with Gasteiger partial charge in [-0.3, -0.25) is 0 Å². The molecule has 0 aliphatic carbocycles. The summed E-state index contributed by atoms with van der Waals surface area (Å²) in [6.07, 6.45) is 26.6. The summed E-state index contributed by atoms with van der Waals surface area (Å²) in [4.78, 5) is 0. The van der Waals surface area contributed by atoms with Crippen LogP contribution >= 0.6 is 11.7 Å². The van der Waals surface area contributed by atoms with E-state index >= 15 is 0 Å². The number of aromatic nitrogens is 2. The highest BCUT2D eigenvalue weighted by Gasteiger charge is 2.08. The first kappa shape index (κ1) is 40.0. The Morgan fingerprint density at radius 3 is 1.10 bits per heavy atom. The van der Waals surface area contributed by atoms with Crippen molar-refractivity contribution in [3.63, 3.8) is 0 Å². The van der Waals surface area contributed by atoms with Crippen molar-refractivity contribution in [2.45, 2.75) is 142 Å². The topological polar surface area (TPSA) is 44.2 Å². The second-order valence-corrected chi connectivity index (χ2v) is 14.3.